The number of aryl methyl sites for hydroxylation is 1. The van der Waals surface area contributed by atoms with E-state index in [1.807, 2.05) is 0 Å². The second-order valence-electron chi connectivity index (χ2n) is 4.08. The third-order valence-electron chi connectivity index (χ3n) is 2.55. The van der Waals surface area contributed by atoms with Crippen molar-refractivity contribution >= 4 is 5.69 Å². The number of hydrogen-bond acceptors (Lipinski definition) is 4. The third kappa shape index (κ3) is 2.82. The van der Waals surface area contributed by atoms with E-state index in [1.54, 1.807) is 13.1 Å². The first-order valence-corrected chi connectivity index (χ1v) is 5.43. The highest BCUT2D eigenvalue weighted by Crippen LogP contribution is 2.18. The van der Waals surface area contributed by atoms with E-state index in [0.29, 0.717) is 5.56 Å². The van der Waals surface area contributed by atoms with Gasteiger partial charge < -0.3 is 0 Å². The summed E-state index contributed by atoms with van der Waals surface area (Å²) in [5.74, 6) is -0.920. The van der Waals surface area contributed by atoms with E-state index in [0.717, 1.165) is 17.7 Å². The monoisotopic (exact) mass is 263 g/mol. The quantitative estimate of drug-likeness (QED) is 0.623. The maximum atomic E-state index is 13.4. The lowest BCUT2D eigenvalue weighted by Crippen LogP contribution is -2.22. The molecule has 0 amide bonds. The Labute approximate surface area is 107 Å². The molecular weight excluding hydrogens is 253 g/mol. The van der Waals surface area contributed by atoms with Crippen LogP contribution in [-0.2, 0) is 6.54 Å². The molecule has 7 heteroatoms. The fourth-order valence-electron chi connectivity index (χ4n) is 1.67. The van der Waals surface area contributed by atoms with Crippen LogP contribution in [0.25, 0.3) is 0 Å². The Balaban J connectivity index is 2.34. The van der Waals surface area contributed by atoms with E-state index in [1.165, 1.54) is 16.8 Å². The van der Waals surface area contributed by atoms with Gasteiger partial charge in [0.1, 0.15) is 0 Å². The highest BCUT2D eigenvalue weighted by atomic mass is 19.1. The van der Waals surface area contributed by atoms with Crippen LogP contribution in [0.3, 0.4) is 0 Å². The molecule has 0 saturated heterocycles. The number of nitro benzene ring substituents is 1. The molecule has 1 aromatic heterocycles. The molecule has 0 N–H and O–H groups in total. The van der Waals surface area contributed by atoms with Crippen LogP contribution in [0.4, 0.5) is 10.1 Å². The standard InChI is InChI=1S/C12H10FN3O3/c1-8-5-14-12(17)15(6-8)7-9-2-3-11(16(18)19)10(13)4-9/h2-6H,7H2,1H3. The molecule has 2 aromatic rings. The molecular formula is C12H10FN3O3. The average molecular weight is 263 g/mol. The Bertz CT molecular complexity index is 697. The fraction of sp³-hybridized carbons (Fsp3) is 0.167. The molecule has 0 saturated carbocycles. The average Bonchev–Trinajstić information content (AvgIpc) is 2.33. The van der Waals surface area contributed by atoms with Crippen molar-refractivity contribution in [2.24, 2.45) is 0 Å². The van der Waals surface area contributed by atoms with Crippen LogP contribution in [-0.4, -0.2) is 14.5 Å². The number of halogens is 1. The van der Waals surface area contributed by atoms with Gasteiger partial charge in [-0.2, -0.15) is 4.39 Å². The number of rotatable bonds is 3. The first-order chi connectivity index (χ1) is 8.97. The van der Waals surface area contributed by atoms with Crippen LogP contribution in [0.2, 0.25) is 0 Å². The van der Waals surface area contributed by atoms with Crippen molar-refractivity contribution in [1.82, 2.24) is 9.55 Å². The zero-order valence-electron chi connectivity index (χ0n) is 10.0. The van der Waals surface area contributed by atoms with Crippen molar-refractivity contribution in [2.45, 2.75) is 13.5 Å². The van der Waals surface area contributed by atoms with E-state index < -0.39 is 22.1 Å². The predicted molar refractivity (Wildman–Crippen MR) is 65.4 cm³/mol. The summed E-state index contributed by atoms with van der Waals surface area (Å²) in [6.07, 6.45) is 3.03. The van der Waals surface area contributed by atoms with E-state index in [2.05, 4.69) is 4.98 Å². The van der Waals surface area contributed by atoms with Gasteiger partial charge >= 0.3 is 11.4 Å². The highest BCUT2D eigenvalue weighted by molar-refractivity contribution is 5.35. The van der Waals surface area contributed by atoms with Crippen molar-refractivity contribution in [1.29, 1.82) is 0 Å². The van der Waals surface area contributed by atoms with Gasteiger partial charge in [-0.15, -0.1) is 0 Å². The van der Waals surface area contributed by atoms with Gasteiger partial charge in [0.25, 0.3) is 0 Å². The summed E-state index contributed by atoms with van der Waals surface area (Å²) in [4.78, 5) is 24.8. The molecule has 2 rings (SSSR count). The lowest BCUT2D eigenvalue weighted by molar-refractivity contribution is -0.387. The minimum Gasteiger partial charge on any atom is -0.294 e. The second kappa shape index (κ2) is 4.97. The summed E-state index contributed by atoms with van der Waals surface area (Å²) in [7, 11) is 0. The van der Waals surface area contributed by atoms with Crippen molar-refractivity contribution in [3.05, 3.63) is 68.1 Å². The Kier molecular flexibility index (Phi) is 3.37. The molecule has 0 radical (unpaired) electrons. The molecule has 0 aliphatic rings. The molecule has 0 unspecified atom stereocenters. The topological polar surface area (TPSA) is 78.0 Å². The van der Waals surface area contributed by atoms with Crippen molar-refractivity contribution in [2.75, 3.05) is 0 Å². The fourth-order valence-corrected chi connectivity index (χ4v) is 1.67. The maximum Gasteiger partial charge on any atom is 0.347 e. The molecule has 1 heterocycles. The molecule has 98 valence electrons. The summed E-state index contributed by atoms with van der Waals surface area (Å²) < 4.78 is 14.8. The third-order valence-corrected chi connectivity index (χ3v) is 2.55. The van der Waals surface area contributed by atoms with Crippen LogP contribution in [0, 0.1) is 22.9 Å². The van der Waals surface area contributed by atoms with Crippen LogP contribution >= 0.6 is 0 Å². The Morgan fingerprint density at radius 1 is 1.47 bits per heavy atom. The Morgan fingerprint density at radius 2 is 2.21 bits per heavy atom. The van der Waals surface area contributed by atoms with Gasteiger partial charge in [0.15, 0.2) is 0 Å². The van der Waals surface area contributed by atoms with E-state index in [-0.39, 0.29) is 6.54 Å². The summed E-state index contributed by atoms with van der Waals surface area (Å²) in [5.41, 5.74) is 0.211. The van der Waals surface area contributed by atoms with Gasteiger partial charge in [0, 0.05) is 18.5 Å². The number of nitro groups is 1. The number of nitrogens with zero attached hydrogens (tertiary/aromatic N) is 3. The summed E-state index contributed by atoms with van der Waals surface area (Å²) in [6, 6.07) is 3.54. The Hall–Kier alpha value is -2.57. The zero-order chi connectivity index (χ0) is 14.0. The van der Waals surface area contributed by atoms with Gasteiger partial charge in [-0.25, -0.2) is 9.78 Å². The molecule has 0 aliphatic carbocycles. The molecule has 0 bridgehead atoms. The van der Waals surface area contributed by atoms with E-state index in [4.69, 9.17) is 0 Å². The number of aromatic nitrogens is 2. The van der Waals surface area contributed by atoms with Crippen molar-refractivity contribution < 1.29 is 9.31 Å². The first kappa shape index (κ1) is 12.9. The predicted octanol–water partition coefficient (Wildman–Crippen LogP) is 1.65. The summed E-state index contributed by atoms with van der Waals surface area (Å²) in [5, 5.41) is 10.5. The zero-order valence-corrected chi connectivity index (χ0v) is 10.0. The lowest BCUT2D eigenvalue weighted by Gasteiger charge is -2.06. The second-order valence-corrected chi connectivity index (χ2v) is 4.08. The molecule has 0 spiro atoms. The van der Waals surface area contributed by atoms with Crippen LogP contribution in [0.15, 0.2) is 35.4 Å². The molecule has 6 nitrogen and oxygen atoms in total. The lowest BCUT2D eigenvalue weighted by atomic mass is 10.2. The van der Waals surface area contributed by atoms with Crippen LogP contribution in [0.1, 0.15) is 11.1 Å². The SMILES string of the molecule is Cc1cnc(=O)n(Cc2ccc([N+](=O)[O-])c(F)c2)c1. The highest BCUT2D eigenvalue weighted by Gasteiger charge is 2.13. The van der Waals surface area contributed by atoms with E-state index in [9.17, 15) is 19.3 Å². The minimum absolute atomic E-state index is 0.114. The van der Waals surface area contributed by atoms with Gasteiger partial charge in [-0.3, -0.25) is 14.7 Å². The minimum atomic E-state index is -0.920. The summed E-state index contributed by atoms with van der Waals surface area (Å²) >= 11 is 0. The van der Waals surface area contributed by atoms with E-state index >= 15 is 0 Å². The summed E-state index contributed by atoms with van der Waals surface area (Å²) in [6.45, 7) is 1.89. The van der Waals surface area contributed by atoms with Crippen LogP contribution in [0.5, 0.6) is 0 Å². The molecule has 1 aromatic carbocycles. The van der Waals surface area contributed by atoms with Gasteiger partial charge in [0.2, 0.25) is 5.82 Å². The number of benzene rings is 1. The normalized spacial score (nSPS) is 10.4. The maximum absolute atomic E-state index is 13.4. The molecule has 0 fully saturated rings. The van der Waals surface area contributed by atoms with Crippen molar-refractivity contribution in [3.63, 3.8) is 0 Å². The Morgan fingerprint density at radius 3 is 2.84 bits per heavy atom. The van der Waals surface area contributed by atoms with Gasteiger partial charge in [0.05, 0.1) is 11.5 Å². The van der Waals surface area contributed by atoms with Gasteiger partial charge in [-0.05, 0) is 24.1 Å². The molecule has 19 heavy (non-hydrogen) atoms. The molecule has 0 atom stereocenters. The number of hydrogen-bond donors (Lipinski definition) is 0. The van der Waals surface area contributed by atoms with Crippen molar-refractivity contribution in [3.8, 4) is 0 Å². The van der Waals surface area contributed by atoms with Crippen LogP contribution < -0.4 is 5.69 Å². The smallest absolute Gasteiger partial charge is 0.294 e. The molecule has 0 aliphatic heterocycles. The van der Waals surface area contributed by atoms with Gasteiger partial charge in [-0.1, -0.05) is 6.07 Å². The largest absolute Gasteiger partial charge is 0.347 e. The first-order valence-electron chi connectivity index (χ1n) is 5.43.